The number of hydrogen-bond donors (Lipinski definition) is 1. The molecule has 0 unspecified atom stereocenters. The van der Waals surface area contributed by atoms with Crippen molar-refractivity contribution in [3.63, 3.8) is 0 Å². The number of nitrogens with zero attached hydrogens (tertiary/aromatic N) is 7. The molecule has 0 aliphatic rings. The Hall–Kier alpha value is -4.20. The highest BCUT2D eigenvalue weighted by Crippen LogP contribution is 2.28. The van der Waals surface area contributed by atoms with E-state index in [-0.39, 0.29) is 0 Å². The fraction of sp³-hybridized carbons (Fsp3) is 0.259. The Labute approximate surface area is 204 Å². The lowest BCUT2D eigenvalue weighted by atomic mass is 10.0. The van der Waals surface area contributed by atoms with Crippen LogP contribution in [0.5, 0.6) is 0 Å². The summed E-state index contributed by atoms with van der Waals surface area (Å²) in [7, 11) is 0. The number of benzene rings is 2. The van der Waals surface area contributed by atoms with E-state index in [1.165, 1.54) is 24.0 Å². The molecule has 3 aromatic heterocycles. The summed E-state index contributed by atoms with van der Waals surface area (Å²) in [6.45, 7) is 3.12. The Kier molecular flexibility index (Phi) is 6.98. The Morgan fingerprint density at radius 1 is 0.857 bits per heavy atom. The molecule has 3 heterocycles. The fourth-order valence-electron chi connectivity index (χ4n) is 4.17. The number of aryl methyl sites for hydroxylation is 1. The zero-order valence-electron chi connectivity index (χ0n) is 19.8. The predicted molar refractivity (Wildman–Crippen MR) is 134 cm³/mol. The van der Waals surface area contributed by atoms with Crippen molar-refractivity contribution < 1.29 is 0 Å². The summed E-state index contributed by atoms with van der Waals surface area (Å²) >= 11 is 0. The SMILES string of the molecule is CCCCCn1nc(Cc2ccccc2)nc1Cc1ccc(-c2cccnc2-c2nnn[nH]2)cc1. The van der Waals surface area contributed by atoms with Crippen molar-refractivity contribution in [2.24, 2.45) is 0 Å². The minimum absolute atomic E-state index is 0.552. The molecule has 1 N–H and O–H groups in total. The summed E-state index contributed by atoms with van der Waals surface area (Å²) in [4.78, 5) is 9.40. The third kappa shape index (κ3) is 5.48. The van der Waals surface area contributed by atoms with Crippen LogP contribution >= 0.6 is 0 Å². The second-order valence-electron chi connectivity index (χ2n) is 8.56. The van der Waals surface area contributed by atoms with Crippen molar-refractivity contribution in [3.05, 3.63) is 95.7 Å². The normalized spacial score (nSPS) is 11.1. The van der Waals surface area contributed by atoms with Crippen LogP contribution in [0.4, 0.5) is 0 Å². The third-order valence-corrected chi connectivity index (χ3v) is 5.98. The molecule has 5 aromatic rings. The summed E-state index contributed by atoms with van der Waals surface area (Å²) in [6.07, 6.45) is 6.71. The maximum absolute atomic E-state index is 4.92. The molecule has 0 fully saturated rings. The fourth-order valence-corrected chi connectivity index (χ4v) is 4.17. The number of aromatic nitrogens is 8. The van der Waals surface area contributed by atoms with Gasteiger partial charge in [-0.05, 0) is 39.6 Å². The van der Waals surface area contributed by atoms with Crippen LogP contribution in [-0.4, -0.2) is 40.4 Å². The lowest BCUT2D eigenvalue weighted by Gasteiger charge is -2.08. The van der Waals surface area contributed by atoms with Gasteiger partial charge in [-0.25, -0.2) is 14.8 Å². The average molecular weight is 465 g/mol. The number of aromatic amines is 1. The minimum Gasteiger partial charge on any atom is -0.252 e. The molecule has 0 bridgehead atoms. The number of rotatable bonds is 10. The van der Waals surface area contributed by atoms with Crippen LogP contribution in [0.25, 0.3) is 22.6 Å². The largest absolute Gasteiger partial charge is 0.252 e. The molecule has 0 saturated carbocycles. The number of H-pyrrole nitrogens is 1. The summed E-state index contributed by atoms with van der Waals surface area (Å²) in [5, 5.41) is 19.0. The maximum atomic E-state index is 4.92. The van der Waals surface area contributed by atoms with Crippen molar-refractivity contribution in [1.82, 2.24) is 40.4 Å². The van der Waals surface area contributed by atoms with Gasteiger partial charge in [-0.3, -0.25) is 4.98 Å². The summed E-state index contributed by atoms with van der Waals surface area (Å²) in [5.41, 5.74) is 5.18. The van der Waals surface area contributed by atoms with Gasteiger partial charge in [-0.2, -0.15) is 5.10 Å². The van der Waals surface area contributed by atoms with Gasteiger partial charge in [0, 0.05) is 31.1 Å². The number of hydrogen-bond acceptors (Lipinski definition) is 6. The van der Waals surface area contributed by atoms with Crippen LogP contribution in [0.15, 0.2) is 72.9 Å². The van der Waals surface area contributed by atoms with Crippen molar-refractivity contribution in [3.8, 4) is 22.6 Å². The first-order chi connectivity index (χ1) is 17.3. The first-order valence-electron chi connectivity index (χ1n) is 12.0. The predicted octanol–water partition coefficient (Wildman–Crippen LogP) is 4.89. The molecule has 0 saturated heterocycles. The second kappa shape index (κ2) is 10.8. The molecule has 176 valence electrons. The van der Waals surface area contributed by atoms with Gasteiger partial charge >= 0.3 is 0 Å². The molecule has 0 aliphatic carbocycles. The first-order valence-corrected chi connectivity index (χ1v) is 12.0. The van der Waals surface area contributed by atoms with Gasteiger partial charge in [0.2, 0.25) is 0 Å². The Morgan fingerprint density at radius 2 is 1.69 bits per heavy atom. The van der Waals surface area contributed by atoms with Crippen molar-refractivity contribution >= 4 is 0 Å². The van der Waals surface area contributed by atoms with Gasteiger partial charge in [0.05, 0.1) is 0 Å². The topological polar surface area (TPSA) is 98.1 Å². The summed E-state index contributed by atoms with van der Waals surface area (Å²) in [6, 6.07) is 22.9. The lowest BCUT2D eigenvalue weighted by Crippen LogP contribution is -2.07. The molecule has 0 atom stereocenters. The Bertz CT molecular complexity index is 1340. The third-order valence-electron chi connectivity index (χ3n) is 5.98. The van der Waals surface area contributed by atoms with E-state index in [2.05, 4.69) is 85.7 Å². The monoisotopic (exact) mass is 464 g/mol. The molecular formula is C27H28N8. The van der Waals surface area contributed by atoms with E-state index in [9.17, 15) is 0 Å². The van der Waals surface area contributed by atoms with Gasteiger partial charge in [0.1, 0.15) is 11.5 Å². The number of nitrogens with one attached hydrogen (secondary N) is 1. The summed E-state index contributed by atoms with van der Waals surface area (Å²) < 4.78 is 2.10. The second-order valence-corrected chi connectivity index (χ2v) is 8.56. The van der Waals surface area contributed by atoms with E-state index in [0.717, 1.165) is 54.3 Å². The summed E-state index contributed by atoms with van der Waals surface area (Å²) in [5.74, 6) is 2.44. The molecule has 2 aromatic carbocycles. The molecule has 0 radical (unpaired) electrons. The smallest absolute Gasteiger partial charge is 0.198 e. The molecule has 35 heavy (non-hydrogen) atoms. The van der Waals surface area contributed by atoms with Crippen molar-refractivity contribution in [2.75, 3.05) is 0 Å². The molecule has 5 rings (SSSR count). The van der Waals surface area contributed by atoms with E-state index < -0.39 is 0 Å². The van der Waals surface area contributed by atoms with Crippen LogP contribution in [0, 0.1) is 0 Å². The van der Waals surface area contributed by atoms with Crippen molar-refractivity contribution in [2.45, 2.75) is 45.6 Å². The van der Waals surface area contributed by atoms with Gasteiger partial charge in [0.15, 0.2) is 11.6 Å². The lowest BCUT2D eigenvalue weighted by molar-refractivity contribution is 0.532. The van der Waals surface area contributed by atoms with E-state index in [4.69, 9.17) is 10.1 Å². The van der Waals surface area contributed by atoms with Crippen LogP contribution in [-0.2, 0) is 19.4 Å². The Morgan fingerprint density at radius 3 is 2.46 bits per heavy atom. The first kappa shape index (κ1) is 22.6. The molecule has 0 spiro atoms. The quantitative estimate of drug-likeness (QED) is 0.296. The van der Waals surface area contributed by atoms with E-state index in [1.54, 1.807) is 6.20 Å². The molecule has 0 amide bonds. The van der Waals surface area contributed by atoms with E-state index >= 15 is 0 Å². The molecule has 0 aliphatic heterocycles. The highest BCUT2D eigenvalue weighted by atomic mass is 15.5. The van der Waals surface area contributed by atoms with Crippen LogP contribution in [0.1, 0.15) is 49.0 Å². The van der Waals surface area contributed by atoms with Gasteiger partial charge in [0.25, 0.3) is 0 Å². The number of tetrazole rings is 1. The van der Waals surface area contributed by atoms with E-state index in [0.29, 0.717) is 5.82 Å². The molecule has 8 nitrogen and oxygen atoms in total. The van der Waals surface area contributed by atoms with Gasteiger partial charge < -0.3 is 0 Å². The molecular weight excluding hydrogens is 436 g/mol. The minimum atomic E-state index is 0.552. The zero-order valence-corrected chi connectivity index (χ0v) is 19.8. The van der Waals surface area contributed by atoms with Crippen LogP contribution < -0.4 is 0 Å². The van der Waals surface area contributed by atoms with Gasteiger partial charge in [-0.1, -0.05) is 80.4 Å². The average Bonchev–Trinajstić information content (AvgIpc) is 3.56. The zero-order chi connectivity index (χ0) is 23.9. The van der Waals surface area contributed by atoms with Gasteiger partial charge in [-0.15, -0.1) is 5.10 Å². The number of unbranched alkanes of at least 4 members (excludes halogenated alkanes) is 2. The van der Waals surface area contributed by atoms with Crippen LogP contribution in [0.3, 0.4) is 0 Å². The standard InChI is InChI=1S/C27H28N8/c1-2-3-7-17-35-25(29-24(32-35)18-20-9-5-4-6-10-20)19-21-12-14-22(15-13-21)23-11-8-16-28-26(23)27-30-33-34-31-27/h4-6,8-16H,2-3,7,17-19H2,1H3,(H,30,31,33,34). The van der Waals surface area contributed by atoms with Crippen LogP contribution in [0.2, 0.25) is 0 Å². The molecule has 8 heteroatoms. The highest BCUT2D eigenvalue weighted by molar-refractivity contribution is 5.77. The highest BCUT2D eigenvalue weighted by Gasteiger charge is 2.14. The van der Waals surface area contributed by atoms with E-state index in [1.807, 2.05) is 18.2 Å². The maximum Gasteiger partial charge on any atom is 0.198 e. The van der Waals surface area contributed by atoms with Crippen molar-refractivity contribution in [1.29, 1.82) is 0 Å². The Balaban J connectivity index is 1.37. The number of pyridine rings is 1.